The topological polar surface area (TPSA) is 29.1 Å². The molecule has 2 nitrogen and oxygen atoms in total. The van der Waals surface area contributed by atoms with Gasteiger partial charge in [-0.25, -0.2) is 0 Å². The molecule has 1 amide bonds. The van der Waals surface area contributed by atoms with Gasteiger partial charge < -0.3 is 5.32 Å². The first-order valence-electron chi connectivity index (χ1n) is 7.04. The van der Waals surface area contributed by atoms with Crippen LogP contribution in [0.1, 0.15) is 15.9 Å². The van der Waals surface area contributed by atoms with Crippen LogP contribution in [0.4, 0.5) is 5.69 Å². The SMILES string of the molecule is C[Si](C)(C)C#Cc1ccccc1C(=O)Nc1cccc(Cl)c1. The summed E-state index contributed by atoms with van der Waals surface area (Å²) in [6, 6.07) is 14.5. The van der Waals surface area contributed by atoms with Gasteiger partial charge >= 0.3 is 0 Å². The van der Waals surface area contributed by atoms with Gasteiger partial charge in [0.25, 0.3) is 5.91 Å². The molecule has 2 aromatic carbocycles. The van der Waals surface area contributed by atoms with E-state index in [4.69, 9.17) is 11.6 Å². The average molecular weight is 328 g/mol. The van der Waals surface area contributed by atoms with Crippen molar-refractivity contribution < 1.29 is 4.79 Å². The highest BCUT2D eigenvalue weighted by Gasteiger charge is 2.12. The van der Waals surface area contributed by atoms with Crippen LogP contribution in [0.25, 0.3) is 0 Å². The van der Waals surface area contributed by atoms with E-state index in [0.29, 0.717) is 16.3 Å². The molecule has 22 heavy (non-hydrogen) atoms. The third-order valence-corrected chi connectivity index (χ3v) is 3.94. The lowest BCUT2D eigenvalue weighted by Gasteiger charge is -2.08. The fourth-order valence-electron chi connectivity index (χ4n) is 1.81. The van der Waals surface area contributed by atoms with E-state index in [-0.39, 0.29) is 5.91 Å². The molecule has 0 atom stereocenters. The van der Waals surface area contributed by atoms with E-state index in [0.717, 1.165) is 5.56 Å². The van der Waals surface area contributed by atoms with Gasteiger partial charge in [0.05, 0.1) is 5.56 Å². The summed E-state index contributed by atoms with van der Waals surface area (Å²) in [6.45, 7) is 6.53. The van der Waals surface area contributed by atoms with Gasteiger partial charge in [-0.3, -0.25) is 4.79 Å². The second kappa shape index (κ2) is 6.82. The highest BCUT2D eigenvalue weighted by atomic mass is 35.5. The molecule has 0 aliphatic heterocycles. The maximum Gasteiger partial charge on any atom is 0.256 e. The maximum absolute atomic E-state index is 12.5. The van der Waals surface area contributed by atoms with Crippen molar-refractivity contribution in [3.63, 3.8) is 0 Å². The monoisotopic (exact) mass is 327 g/mol. The van der Waals surface area contributed by atoms with E-state index in [1.807, 2.05) is 18.2 Å². The summed E-state index contributed by atoms with van der Waals surface area (Å²) >= 11 is 5.94. The molecule has 0 saturated heterocycles. The Morgan fingerprint density at radius 3 is 2.50 bits per heavy atom. The summed E-state index contributed by atoms with van der Waals surface area (Å²) in [7, 11) is -1.49. The minimum absolute atomic E-state index is 0.178. The summed E-state index contributed by atoms with van der Waals surface area (Å²) < 4.78 is 0. The number of halogens is 1. The molecule has 0 aliphatic rings. The maximum atomic E-state index is 12.5. The van der Waals surface area contributed by atoms with Crippen molar-refractivity contribution in [2.24, 2.45) is 0 Å². The Hall–Kier alpha value is -2.02. The third-order valence-electron chi connectivity index (χ3n) is 2.83. The van der Waals surface area contributed by atoms with Gasteiger partial charge in [0, 0.05) is 16.3 Å². The average Bonchev–Trinajstić information content (AvgIpc) is 2.44. The zero-order chi connectivity index (χ0) is 16.2. The Kier molecular flexibility index (Phi) is 5.07. The molecule has 0 saturated carbocycles. The lowest BCUT2D eigenvalue weighted by atomic mass is 10.1. The van der Waals surface area contributed by atoms with Crippen molar-refractivity contribution in [1.29, 1.82) is 0 Å². The highest BCUT2D eigenvalue weighted by molar-refractivity contribution is 6.83. The Morgan fingerprint density at radius 1 is 1.09 bits per heavy atom. The predicted octanol–water partition coefficient (Wildman–Crippen LogP) is 4.82. The van der Waals surface area contributed by atoms with Gasteiger partial charge in [0.2, 0.25) is 0 Å². The Bertz CT molecular complexity index is 753. The normalized spacial score (nSPS) is 10.5. The predicted molar refractivity (Wildman–Crippen MR) is 96.1 cm³/mol. The van der Waals surface area contributed by atoms with Crippen molar-refractivity contribution in [3.05, 3.63) is 64.7 Å². The van der Waals surface area contributed by atoms with Gasteiger partial charge in [-0.1, -0.05) is 55.4 Å². The summed E-state index contributed by atoms with van der Waals surface area (Å²) in [6.07, 6.45) is 0. The molecule has 0 fully saturated rings. The van der Waals surface area contributed by atoms with Gasteiger partial charge in [-0.2, -0.15) is 0 Å². The quantitative estimate of drug-likeness (QED) is 0.621. The molecular formula is C18H18ClNOSi. The third kappa shape index (κ3) is 4.76. The molecular weight excluding hydrogens is 310 g/mol. The molecule has 0 heterocycles. The van der Waals surface area contributed by atoms with Gasteiger partial charge in [-0.05, 0) is 30.3 Å². The first-order valence-corrected chi connectivity index (χ1v) is 10.9. The van der Waals surface area contributed by atoms with Gasteiger partial charge in [-0.15, -0.1) is 5.54 Å². The summed E-state index contributed by atoms with van der Waals surface area (Å²) in [5, 5.41) is 3.44. The van der Waals surface area contributed by atoms with E-state index in [9.17, 15) is 4.79 Å². The zero-order valence-electron chi connectivity index (χ0n) is 12.9. The summed E-state index contributed by atoms with van der Waals surface area (Å²) in [5.41, 5.74) is 5.30. The van der Waals surface area contributed by atoms with Crippen LogP contribution in [0, 0.1) is 11.5 Å². The molecule has 0 spiro atoms. The first kappa shape index (κ1) is 16.3. The second-order valence-electron chi connectivity index (χ2n) is 6.01. The molecule has 4 heteroatoms. The van der Waals surface area contributed by atoms with Crippen molar-refractivity contribution in [1.82, 2.24) is 0 Å². The second-order valence-corrected chi connectivity index (χ2v) is 11.2. The van der Waals surface area contributed by atoms with E-state index < -0.39 is 8.07 Å². The van der Waals surface area contributed by atoms with Crippen LogP contribution in [0.2, 0.25) is 24.7 Å². The van der Waals surface area contributed by atoms with E-state index in [2.05, 4.69) is 36.4 Å². The van der Waals surface area contributed by atoms with Crippen molar-refractivity contribution in [2.45, 2.75) is 19.6 Å². The molecule has 0 bridgehead atoms. The smallest absolute Gasteiger partial charge is 0.256 e. The number of carbonyl (C=O) groups is 1. The van der Waals surface area contributed by atoms with Crippen molar-refractivity contribution in [2.75, 3.05) is 5.32 Å². The van der Waals surface area contributed by atoms with Crippen molar-refractivity contribution >= 4 is 31.3 Å². The Morgan fingerprint density at radius 2 is 1.82 bits per heavy atom. The van der Waals surface area contributed by atoms with Crippen LogP contribution in [-0.4, -0.2) is 14.0 Å². The molecule has 0 unspecified atom stereocenters. The lowest BCUT2D eigenvalue weighted by molar-refractivity contribution is 0.102. The van der Waals surface area contributed by atoms with Crippen LogP contribution < -0.4 is 5.32 Å². The summed E-state index contributed by atoms with van der Waals surface area (Å²) in [4.78, 5) is 12.5. The number of rotatable bonds is 2. The highest BCUT2D eigenvalue weighted by Crippen LogP contribution is 2.17. The van der Waals surface area contributed by atoms with Crippen LogP contribution >= 0.6 is 11.6 Å². The minimum Gasteiger partial charge on any atom is -0.322 e. The van der Waals surface area contributed by atoms with E-state index in [1.54, 1.807) is 30.3 Å². The number of anilines is 1. The fraction of sp³-hybridized carbons (Fsp3) is 0.167. The molecule has 112 valence electrons. The van der Waals surface area contributed by atoms with E-state index >= 15 is 0 Å². The minimum atomic E-state index is -1.49. The molecule has 1 N–H and O–H groups in total. The molecule has 2 rings (SSSR count). The standard InChI is InChI=1S/C18H18ClNOSi/c1-22(2,3)12-11-14-7-4-5-10-17(14)18(21)20-16-9-6-8-15(19)13-16/h4-10,13H,1-3H3,(H,20,21). The molecule has 0 aliphatic carbocycles. The van der Waals surface area contributed by atoms with Crippen LogP contribution in [0.5, 0.6) is 0 Å². The number of hydrogen-bond acceptors (Lipinski definition) is 1. The Labute approximate surface area is 137 Å². The number of carbonyl (C=O) groups excluding carboxylic acids is 1. The first-order chi connectivity index (χ1) is 10.3. The van der Waals surface area contributed by atoms with Crippen LogP contribution in [0.3, 0.4) is 0 Å². The van der Waals surface area contributed by atoms with Gasteiger partial charge in [0.1, 0.15) is 8.07 Å². The fourth-order valence-corrected chi connectivity index (χ4v) is 2.51. The number of hydrogen-bond donors (Lipinski definition) is 1. The number of nitrogens with one attached hydrogen (secondary N) is 1. The molecule has 2 aromatic rings. The number of benzene rings is 2. The van der Waals surface area contributed by atoms with E-state index in [1.165, 1.54) is 0 Å². The van der Waals surface area contributed by atoms with Gasteiger partial charge in [0.15, 0.2) is 0 Å². The number of amides is 1. The van der Waals surface area contributed by atoms with Crippen molar-refractivity contribution in [3.8, 4) is 11.5 Å². The largest absolute Gasteiger partial charge is 0.322 e. The van der Waals surface area contributed by atoms with Crippen LogP contribution in [-0.2, 0) is 0 Å². The Balaban J connectivity index is 2.28. The zero-order valence-corrected chi connectivity index (χ0v) is 14.7. The molecule has 0 radical (unpaired) electrons. The summed E-state index contributed by atoms with van der Waals surface area (Å²) in [5.74, 6) is 2.98. The lowest BCUT2D eigenvalue weighted by Crippen LogP contribution is -2.17. The van der Waals surface area contributed by atoms with Crippen LogP contribution in [0.15, 0.2) is 48.5 Å². The molecule has 0 aromatic heterocycles.